The molecule has 1 atom stereocenters. The van der Waals surface area contributed by atoms with E-state index in [1.54, 1.807) is 30.3 Å². The topological polar surface area (TPSA) is 60.2 Å². The van der Waals surface area contributed by atoms with Crippen LogP contribution >= 0.6 is 0 Å². The van der Waals surface area contributed by atoms with Crippen LogP contribution in [0.5, 0.6) is 0 Å². The Bertz CT molecular complexity index is 398. The van der Waals surface area contributed by atoms with Crippen molar-refractivity contribution in [3.63, 3.8) is 0 Å². The molecule has 15 heavy (non-hydrogen) atoms. The molecule has 3 nitrogen and oxygen atoms in total. The number of rotatable bonds is 4. The Morgan fingerprint density at radius 1 is 1.20 bits per heavy atom. The summed E-state index contributed by atoms with van der Waals surface area (Å²) in [6.07, 6.45) is 0. The zero-order valence-electron chi connectivity index (χ0n) is 9.05. The van der Waals surface area contributed by atoms with Gasteiger partial charge in [-0.25, -0.2) is 8.42 Å². The molecule has 1 aromatic carbocycles. The van der Waals surface area contributed by atoms with E-state index in [0.717, 1.165) is 0 Å². The largest absolute Gasteiger partial charge is 0.327 e. The van der Waals surface area contributed by atoms with E-state index in [9.17, 15) is 8.42 Å². The molecular weight excluding hydrogens is 210 g/mol. The first-order valence-electron chi connectivity index (χ1n) is 4.97. The molecule has 1 rings (SSSR count). The van der Waals surface area contributed by atoms with Crippen LogP contribution in [0.15, 0.2) is 35.2 Å². The van der Waals surface area contributed by atoms with Crippen LogP contribution < -0.4 is 5.73 Å². The van der Waals surface area contributed by atoms with Crippen LogP contribution in [0.4, 0.5) is 0 Å². The molecule has 1 unspecified atom stereocenters. The lowest BCUT2D eigenvalue weighted by Crippen LogP contribution is -2.34. The average Bonchev–Trinajstić information content (AvgIpc) is 2.18. The van der Waals surface area contributed by atoms with E-state index in [0.29, 0.717) is 4.90 Å². The summed E-state index contributed by atoms with van der Waals surface area (Å²) in [6.45, 7) is 3.84. The monoisotopic (exact) mass is 227 g/mol. The van der Waals surface area contributed by atoms with Crippen LogP contribution in [0.25, 0.3) is 0 Å². The predicted molar refractivity (Wildman–Crippen MR) is 61.3 cm³/mol. The van der Waals surface area contributed by atoms with Gasteiger partial charge in [0.2, 0.25) is 0 Å². The van der Waals surface area contributed by atoms with Crippen LogP contribution in [0, 0.1) is 5.92 Å². The van der Waals surface area contributed by atoms with E-state index >= 15 is 0 Å². The van der Waals surface area contributed by atoms with Gasteiger partial charge in [-0.2, -0.15) is 0 Å². The van der Waals surface area contributed by atoms with Crippen molar-refractivity contribution in [2.75, 3.05) is 5.75 Å². The lowest BCUT2D eigenvalue weighted by Gasteiger charge is -2.15. The Kier molecular flexibility index (Phi) is 3.88. The van der Waals surface area contributed by atoms with Crippen molar-refractivity contribution < 1.29 is 8.42 Å². The standard InChI is InChI=1S/C11H17NO2S/c1-9(2)11(12)8-15(13,14)10-6-4-3-5-7-10/h3-7,9,11H,8,12H2,1-2H3. The second-order valence-electron chi connectivity index (χ2n) is 4.00. The summed E-state index contributed by atoms with van der Waals surface area (Å²) in [5.74, 6) is 0.179. The highest BCUT2D eigenvalue weighted by Gasteiger charge is 2.20. The minimum Gasteiger partial charge on any atom is -0.327 e. The van der Waals surface area contributed by atoms with Gasteiger partial charge in [0, 0.05) is 6.04 Å². The van der Waals surface area contributed by atoms with Gasteiger partial charge in [0.15, 0.2) is 9.84 Å². The normalized spacial score (nSPS) is 14.1. The summed E-state index contributed by atoms with van der Waals surface area (Å²) in [4.78, 5) is 0.348. The van der Waals surface area contributed by atoms with Gasteiger partial charge < -0.3 is 5.73 Å². The van der Waals surface area contributed by atoms with E-state index in [2.05, 4.69) is 0 Å². The first-order valence-corrected chi connectivity index (χ1v) is 6.62. The number of benzene rings is 1. The molecule has 0 amide bonds. The van der Waals surface area contributed by atoms with Crippen molar-refractivity contribution in [3.8, 4) is 0 Å². The van der Waals surface area contributed by atoms with Gasteiger partial charge in [-0.3, -0.25) is 0 Å². The van der Waals surface area contributed by atoms with E-state index in [1.807, 2.05) is 13.8 Å². The third-order valence-corrected chi connectivity index (χ3v) is 4.18. The summed E-state index contributed by atoms with van der Waals surface area (Å²) in [7, 11) is -3.23. The first-order chi connectivity index (χ1) is 6.93. The summed E-state index contributed by atoms with van der Waals surface area (Å²) < 4.78 is 23.7. The fourth-order valence-electron chi connectivity index (χ4n) is 1.17. The average molecular weight is 227 g/mol. The van der Waals surface area contributed by atoms with Gasteiger partial charge in [0.25, 0.3) is 0 Å². The van der Waals surface area contributed by atoms with Crippen LogP contribution in [0.1, 0.15) is 13.8 Å². The van der Waals surface area contributed by atoms with Gasteiger partial charge in [0.1, 0.15) is 0 Å². The number of nitrogens with two attached hydrogens (primary N) is 1. The fourth-order valence-corrected chi connectivity index (χ4v) is 2.83. The van der Waals surface area contributed by atoms with Crippen LogP contribution in [0.3, 0.4) is 0 Å². The molecule has 0 heterocycles. The molecule has 0 saturated carbocycles. The molecule has 0 bridgehead atoms. The smallest absolute Gasteiger partial charge is 0.179 e. The van der Waals surface area contributed by atoms with Gasteiger partial charge in [-0.15, -0.1) is 0 Å². The Balaban J connectivity index is 2.86. The van der Waals surface area contributed by atoms with E-state index in [-0.39, 0.29) is 17.7 Å². The Labute approximate surface area is 91.2 Å². The van der Waals surface area contributed by atoms with Crippen molar-refractivity contribution in [2.45, 2.75) is 24.8 Å². The highest BCUT2D eigenvalue weighted by molar-refractivity contribution is 7.91. The van der Waals surface area contributed by atoms with E-state index < -0.39 is 9.84 Å². The molecule has 0 saturated heterocycles. The predicted octanol–water partition coefficient (Wildman–Crippen LogP) is 1.44. The van der Waals surface area contributed by atoms with Crippen molar-refractivity contribution >= 4 is 9.84 Å². The summed E-state index contributed by atoms with van der Waals surface area (Å²) >= 11 is 0. The Hall–Kier alpha value is -0.870. The van der Waals surface area contributed by atoms with E-state index in [4.69, 9.17) is 5.73 Å². The van der Waals surface area contributed by atoms with Gasteiger partial charge in [-0.1, -0.05) is 32.0 Å². The van der Waals surface area contributed by atoms with Crippen LogP contribution in [0.2, 0.25) is 0 Å². The van der Waals surface area contributed by atoms with Gasteiger partial charge in [-0.05, 0) is 18.1 Å². The SMILES string of the molecule is CC(C)C(N)CS(=O)(=O)c1ccccc1. The third kappa shape index (κ3) is 3.32. The summed E-state index contributed by atoms with van der Waals surface area (Å²) in [5, 5.41) is 0. The number of hydrogen-bond donors (Lipinski definition) is 1. The fraction of sp³-hybridized carbons (Fsp3) is 0.455. The maximum atomic E-state index is 11.9. The first kappa shape index (κ1) is 12.2. The zero-order valence-corrected chi connectivity index (χ0v) is 9.87. The highest BCUT2D eigenvalue weighted by Crippen LogP contribution is 2.13. The summed E-state index contributed by atoms with van der Waals surface area (Å²) in [6, 6.07) is 8.11. The number of sulfone groups is 1. The van der Waals surface area contributed by atoms with Crippen molar-refractivity contribution in [1.29, 1.82) is 0 Å². The molecule has 0 aliphatic rings. The molecule has 0 fully saturated rings. The van der Waals surface area contributed by atoms with Crippen LogP contribution in [-0.4, -0.2) is 20.2 Å². The maximum Gasteiger partial charge on any atom is 0.179 e. The second kappa shape index (κ2) is 4.77. The van der Waals surface area contributed by atoms with Crippen molar-refractivity contribution in [1.82, 2.24) is 0 Å². The molecule has 4 heteroatoms. The zero-order chi connectivity index (χ0) is 11.5. The quantitative estimate of drug-likeness (QED) is 0.846. The minimum absolute atomic E-state index is 0.00861. The second-order valence-corrected chi connectivity index (χ2v) is 6.04. The van der Waals surface area contributed by atoms with Gasteiger partial charge in [0.05, 0.1) is 10.6 Å². The molecule has 1 aromatic rings. The summed E-state index contributed by atoms with van der Waals surface area (Å²) in [5.41, 5.74) is 5.76. The Morgan fingerprint density at radius 3 is 2.20 bits per heavy atom. The molecule has 84 valence electrons. The Morgan fingerprint density at radius 2 is 1.73 bits per heavy atom. The molecule has 0 aromatic heterocycles. The molecule has 0 aliphatic heterocycles. The maximum absolute atomic E-state index is 11.9. The van der Waals surface area contributed by atoms with Crippen LogP contribution in [-0.2, 0) is 9.84 Å². The molecule has 0 spiro atoms. The minimum atomic E-state index is -3.23. The lowest BCUT2D eigenvalue weighted by molar-refractivity contribution is 0.516. The molecule has 0 aliphatic carbocycles. The molecular formula is C11H17NO2S. The molecule has 2 N–H and O–H groups in total. The molecule has 0 radical (unpaired) electrons. The van der Waals surface area contributed by atoms with E-state index in [1.165, 1.54) is 0 Å². The third-order valence-electron chi connectivity index (χ3n) is 2.37. The highest BCUT2D eigenvalue weighted by atomic mass is 32.2. The van der Waals surface area contributed by atoms with Gasteiger partial charge >= 0.3 is 0 Å². The number of hydrogen-bond acceptors (Lipinski definition) is 3. The lowest BCUT2D eigenvalue weighted by atomic mass is 10.1. The van der Waals surface area contributed by atoms with Crippen molar-refractivity contribution in [3.05, 3.63) is 30.3 Å². The van der Waals surface area contributed by atoms with Crippen molar-refractivity contribution in [2.24, 2.45) is 11.7 Å².